The smallest absolute Gasteiger partial charge is 0.264 e. The Morgan fingerprint density at radius 3 is 2.36 bits per heavy atom. The third kappa shape index (κ3) is 7.53. The van der Waals surface area contributed by atoms with E-state index >= 15 is 0 Å². The van der Waals surface area contributed by atoms with Crippen LogP contribution in [0.25, 0.3) is 0 Å². The van der Waals surface area contributed by atoms with E-state index in [2.05, 4.69) is 25.3 Å². The number of amides is 1. The van der Waals surface area contributed by atoms with Crippen molar-refractivity contribution in [2.75, 3.05) is 16.6 Å². The minimum absolute atomic E-state index is 0.0146. The summed E-state index contributed by atoms with van der Waals surface area (Å²) in [5.74, 6) is 0.00350. The van der Waals surface area contributed by atoms with Gasteiger partial charge in [0.05, 0.1) is 5.56 Å². The number of rotatable bonds is 6. The molecule has 1 heterocycles. The van der Waals surface area contributed by atoms with Gasteiger partial charge >= 0.3 is 0 Å². The van der Waals surface area contributed by atoms with Gasteiger partial charge in [-0.3, -0.25) is 19.8 Å². The third-order valence-corrected chi connectivity index (χ3v) is 6.25. The van der Waals surface area contributed by atoms with Crippen molar-refractivity contribution in [3.05, 3.63) is 82.9 Å². The number of nitriles is 1. The lowest BCUT2D eigenvalue weighted by Crippen LogP contribution is -2.37. The van der Waals surface area contributed by atoms with Gasteiger partial charge in [-0.15, -0.1) is 0 Å². The fraction of sp³-hybridized carbons (Fsp3) is 0.200. The molecule has 0 aliphatic rings. The number of nitrogens with zero attached hydrogens (tertiary/aromatic N) is 3. The maximum Gasteiger partial charge on any atom is 0.264 e. The van der Waals surface area contributed by atoms with Gasteiger partial charge in [0.1, 0.15) is 22.6 Å². The van der Waals surface area contributed by atoms with E-state index in [1.165, 1.54) is 24.3 Å². The standard InChI is InChI=1S/C25H25ClN6O3S/c1-25(2,3)16-28-24(31-23(33)17-11-13-19(26)14-12-17)30-21-9-6-10-22(29-21)32-36(34,35)20-8-5-4-7-18(20)15-27/h4-14H,16H2,1-3H3,(H3,28,29,30,31,32,33). The van der Waals surface area contributed by atoms with E-state index in [9.17, 15) is 18.5 Å². The second-order valence-electron chi connectivity index (χ2n) is 8.93. The second-order valence-corrected chi connectivity index (χ2v) is 11.0. The normalized spacial score (nSPS) is 11.9. The summed E-state index contributed by atoms with van der Waals surface area (Å²) in [5.41, 5.74) is 0.243. The molecule has 0 bridgehead atoms. The Kier molecular flexibility index (Phi) is 8.29. The molecular weight excluding hydrogens is 500 g/mol. The Labute approximate surface area is 215 Å². The van der Waals surface area contributed by atoms with Gasteiger partial charge in [0.2, 0.25) is 5.96 Å². The Morgan fingerprint density at radius 2 is 1.69 bits per heavy atom. The fourth-order valence-electron chi connectivity index (χ4n) is 2.88. The fourth-order valence-corrected chi connectivity index (χ4v) is 4.16. The van der Waals surface area contributed by atoms with Crippen molar-refractivity contribution in [2.45, 2.75) is 25.7 Å². The molecular formula is C25H25ClN6O3S. The first-order chi connectivity index (χ1) is 17.0. The molecule has 2 aromatic carbocycles. The lowest BCUT2D eigenvalue weighted by molar-refractivity contribution is 0.0976. The predicted molar refractivity (Wildman–Crippen MR) is 141 cm³/mol. The number of carbonyl (C=O) groups is 1. The first-order valence-corrected chi connectivity index (χ1v) is 12.7. The van der Waals surface area contributed by atoms with E-state index in [4.69, 9.17) is 11.6 Å². The molecule has 0 saturated carbocycles. The van der Waals surface area contributed by atoms with Crippen LogP contribution in [0.1, 0.15) is 36.7 Å². The van der Waals surface area contributed by atoms with E-state index in [0.717, 1.165) is 0 Å². The van der Waals surface area contributed by atoms with Crippen LogP contribution < -0.4 is 15.4 Å². The average molecular weight is 525 g/mol. The Morgan fingerprint density at radius 1 is 1.03 bits per heavy atom. The zero-order valence-electron chi connectivity index (χ0n) is 19.9. The number of sulfonamides is 1. The zero-order valence-corrected chi connectivity index (χ0v) is 21.5. The van der Waals surface area contributed by atoms with Crippen LogP contribution in [-0.4, -0.2) is 31.8 Å². The number of nitrogens with one attached hydrogen (secondary N) is 3. The van der Waals surface area contributed by atoms with Crippen LogP contribution in [-0.2, 0) is 10.0 Å². The highest BCUT2D eigenvalue weighted by molar-refractivity contribution is 7.92. The Bertz CT molecular complexity index is 1430. The maximum atomic E-state index is 12.8. The maximum absolute atomic E-state index is 12.8. The van der Waals surface area contributed by atoms with E-state index < -0.39 is 15.9 Å². The van der Waals surface area contributed by atoms with Crippen molar-refractivity contribution in [1.29, 1.82) is 5.26 Å². The molecule has 9 nitrogen and oxygen atoms in total. The van der Waals surface area contributed by atoms with Gasteiger partial charge in [-0.25, -0.2) is 13.4 Å². The van der Waals surface area contributed by atoms with Crippen molar-refractivity contribution >= 4 is 45.1 Å². The third-order valence-electron chi connectivity index (χ3n) is 4.58. The molecule has 3 aromatic rings. The number of aromatic nitrogens is 1. The largest absolute Gasteiger partial charge is 0.311 e. The molecule has 0 saturated heterocycles. The van der Waals surface area contributed by atoms with Crippen molar-refractivity contribution < 1.29 is 13.2 Å². The summed E-state index contributed by atoms with van der Waals surface area (Å²) in [6.07, 6.45) is 0. The highest BCUT2D eigenvalue weighted by Crippen LogP contribution is 2.19. The Balaban J connectivity index is 1.83. The number of anilines is 2. The van der Waals surface area contributed by atoms with Gasteiger partial charge in [-0.1, -0.05) is 50.6 Å². The minimum atomic E-state index is -4.06. The SMILES string of the molecule is CC(C)(C)CN=C(NC(=O)c1ccc(Cl)cc1)Nc1cccc(NS(=O)(=O)c2ccccc2C#N)n1. The molecule has 1 aromatic heterocycles. The molecule has 3 N–H and O–H groups in total. The summed E-state index contributed by atoms with van der Waals surface area (Å²) in [7, 11) is -4.06. The number of hydrogen-bond acceptors (Lipinski definition) is 6. The number of halogens is 1. The zero-order chi connectivity index (χ0) is 26.3. The van der Waals surface area contributed by atoms with Gasteiger partial charge in [-0.2, -0.15) is 5.26 Å². The number of benzene rings is 2. The highest BCUT2D eigenvalue weighted by Gasteiger charge is 2.19. The number of pyridine rings is 1. The van der Waals surface area contributed by atoms with Crippen molar-refractivity contribution in [2.24, 2.45) is 10.4 Å². The molecule has 0 unspecified atom stereocenters. The van der Waals surface area contributed by atoms with E-state index in [-0.39, 0.29) is 33.5 Å². The quantitative estimate of drug-likeness (QED) is 0.317. The molecule has 11 heteroatoms. The molecule has 0 fully saturated rings. The first kappa shape index (κ1) is 26.7. The van der Waals surface area contributed by atoms with Crippen molar-refractivity contribution in [3.8, 4) is 6.07 Å². The van der Waals surface area contributed by atoms with E-state index in [0.29, 0.717) is 17.1 Å². The van der Waals surface area contributed by atoms with Crippen LogP contribution in [0.3, 0.4) is 0 Å². The monoisotopic (exact) mass is 524 g/mol. The van der Waals surface area contributed by atoms with Crippen LogP contribution in [0.4, 0.5) is 11.6 Å². The highest BCUT2D eigenvalue weighted by atomic mass is 35.5. The molecule has 186 valence electrons. The number of carbonyl (C=O) groups excluding carboxylic acids is 1. The molecule has 1 amide bonds. The topological polar surface area (TPSA) is 136 Å². The second kappa shape index (κ2) is 11.2. The molecule has 0 aliphatic carbocycles. The molecule has 0 aliphatic heterocycles. The summed E-state index contributed by atoms with van der Waals surface area (Å²) in [5, 5.41) is 15.4. The summed E-state index contributed by atoms with van der Waals surface area (Å²) < 4.78 is 28.1. The predicted octanol–water partition coefficient (Wildman–Crippen LogP) is 4.65. The van der Waals surface area contributed by atoms with Gasteiger partial charge in [0.25, 0.3) is 15.9 Å². The molecule has 0 atom stereocenters. The lowest BCUT2D eigenvalue weighted by atomic mass is 9.97. The average Bonchev–Trinajstić information content (AvgIpc) is 2.82. The Hall–Kier alpha value is -3.94. The molecule has 3 rings (SSSR count). The van der Waals surface area contributed by atoms with Gasteiger partial charge in [0, 0.05) is 17.1 Å². The summed E-state index contributed by atoms with van der Waals surface area (Å²) in [6, 6.07) is 18.8. The summed E-state index contributed by atoms with van der Waals surface area (Å²) in [4.78, 5) is 21.3. The number of guanidine groups is 1. The minimum Gasteiger partial charge on any atom is -0.311 e. The van der Waals surface area contributed by atoms with Crippen LogP contribution in [0.2, 0.25) is 5.02 Å². The first-order valence-electron chi connectivity index (χ1n) is 10.8. The lowest BCUT2D eigenvalue weighted by Gasteiger charge is -2.17. The number of hydrogen-bond donors (Lipinski definition) is 3. The van der Waals surface area contributed by atoms with E-state index in [1.54, 1.807) is 42.5 Å². The van der Waals surface area contributed by atoms with Gasteiger partial charge in [-0.05, 0) is 53.9 Å². The van der Waals surface area contributed by atoms with Crippen molar-refractivity contribution in [1.82, 2.24) is 10.3 Å². The van der Waals surface area contributed by atoms with Crippen LogP contribution in [0, 0.1) is 16.7 Å². The van der Waals surface area contributed by atoms with E-state index in [1.807, 2.05) is 26.8 Å². The van der Waals surface area contributed by atoms with Crippen LogP contribution in [0.15, 0.2) is 76.6 Å². The number of aliphatic imine (C=N–C) groups is 1. The molecule has 36 heavy (non-hydrogen) atoms. The summed E-state index contributed by atoms with van der Waals surface area (Å²) in [6.45, 7) is 6.40. The molecule has 0 radical (unpaired) electrons. The van der Waals surface area contributed by atoms with Crippen LogP contribution in [0.5, 0.6) is 0 Å². The summed E-state index contributed by atoms with van der Waals surface area (Å²) >= 11 is 5.91. The van der Waals surface area contributed by atoms with Gasteiger partial charge in [0.15, 0.2) is 0 Å². The van der Waals surface area contributed by atoms with Crippen molar-refractivity contribution in [3.63, 3.8) is 0 Å². The molecule has 0 spiro atoms. The van der Waals surface area contributed by atoms with Gasteiger partial charge < -0.3 is 5.32 Å². The van der Waals surface area contributed by atoms with Crippen LogP contribution >= 0.6 is 11.6 Å².